The van der Waals surface area contributed by atoms with Gasteiger partial charge in [0.2, 0.25) is 5.91 Å². The first-order valence-electron chi connectivity index (χ1n) is 13.2. The summed E-state index contributed by atoms with van der Waals surface area (Å²) in [5, 5.41) is 0. The molecule has 18 heteroatoms. The molecule has 0 aromatic heterocycles. The summed E-state index contributed by atoms with van der Waals surface area (Å²) < 4.78 is 158. The molecule has 1 heterocycles. The smallest absolute Gasteiger partial charge is 0.338 e. The molecule has 2 aliphatic rings. The number of benzene rings is 2. The van der Waals surface area contributed by atoms with E-state index in [-0.39, 0.29) is 49.6 Å². The van der Waals surface area contributed by atoms with Crippen LogP contribution in [0.25, 0.3) is 0 Å². The van der Waals surface area contributed by atoms with Gasteiger partial charge in [-0.3, -0.25) is 13.8 Å². The van der Waals surface area contributed by atoms with Gasteiger partial charge in [0.1, 0.15) is 10.6 Å². The number of nitrogens with zero attached hydrogens (tertiary/aromatic N) is 1. The first-order chi connectivity index (χ1) is 20.2. The summed E-state index contributed by atoms with van der Waals surface area (Å²) in [4.78, 5) is 14.0. The van der Waals surface area contributed by atoms with Crippen LogP contribution in [0.15, 0.2) is 47.4 Å². The van der Waals surface area contributed by atoms with Gasteiger partial charge in [-0.15, -0.1) is 0 Å². The largest absolute Gasteiger partial charge is 0.435 e. The molecule has 1 unspecified atom stereocenters. The monoisotopic (exact) mass is 678 g/mol. The van der Waals surface area contributed by atoms with Crippen molar-refractivity contribution < 1.29 is 61.9 Å². The van der Waals surface area contributed by atoms with E-state index in [2.05, 4.69) is 0 Å². The first kappa shape index (κ1) is 34.3. The van der Waals surface area contributed by atoms with Crippen molar-refractivity contribution in [1.29, 1.82) is 0 Å². The van der Waals surface area contributed by atoms with Gasteiger partial charge in [0, 0.05) is 12.1 Å². The zero-order valence-corrected chi connectivity index (χ0v) is 24.6. The third kappa shape index (κ3) is 5.65. The summed E-state index contributed by atoms with van der Waals surface area (Å²) in [5.74, 6) is -1.45. The number of hydrogen-bond donors (Lipinski definition) is 1. The molecule has 2 aromatic carbocycles. The van der Waals surface area contributed by atoms with E-state index in [1.54, 1.807) is 0 Å². The Balaban J connectivity index is 1.81. The van der Waals surface area contributed by atoms with Gasteiger partial charge in [0.15, 0.2) is 9.84 Å². The van der Waals surface area contributed by atoms with Gasteiger partial charge < -0.3 is 4.90 Å². The van der Waals surface area contributed by atoms with E-state index in [0.717, 1.165) is 24.3 Å². The van der Waals surface area contributed by atoms with Gasteiger partial charge in [0.05, 0.1) is 30.6 Å². The molecule has 1 amide bonds. The molecule has 0 radical (unpaired) electrons. The van der Waals surface area contributed by atoms with Crippen LogP contribution in [0.4, 0.5) is 35.1 Å². The van der Waals surface area contributed by atoms with Gasteiger partial charge in [-0.05, 0) is 61.6 Å². The predicted octanol–water partition coefficient (Wildman–Crippen LogP) is 5.84. The maximum absolute atomic E-state index is 14.9. The Hall–Kier alpha value is -2.59. The lowest BCUT2D eigenvalue weighted by molar-refractivity contribution is -0.348. The highest BCUT2D eigenvalue weighted by atomic mass is 32.2. The molecule has 244 valence electrons. The number of amides is 1. The zero-order valence-electron chi connectivity index (χ0n) is 22.9. The van der Waals surface area contributed by atoms with Crippen LogP contribution < -0.4 is 5.50 Å². The van der Waals surface area contributed by atoms with Crippen molar-refractivity contribution in [2.75, 3.05) is 19.8 Å². The van der Waals surface area contributed by atoms with E-state index < -0.39 is 81.6 Å². The van der Waals surface area contributed by atoms with E-state index in [4.69, 9.17) is 14.6 Å². The number of likely N-dealkylation sites (tertiary alicyclic amines) is 1. The second-order valence-corrected chi connectivity index (χ2v) is 14.1. The van der Waals surface area contributed by atoms with Gasteiger partial charge in [0.25, 0.3) is 0 Å². The van der Waals surface area contributed by atoms with Gasteiger partial charge in [-0.2, -0.15) is 26.3 Å². The Labute approximate surface area is 247 Å². The summed E-state index contributed by atoms with van der Waals surface area (Å²) in [6.45, 7) is 0.773. The Bertz CT molecular complexity index is 1550. The van der Waals surface area contributed by atoms with E-state index in [0.29, 0.717) is 12.1 Å². The highest BCUT2D eigenvalue weighted by Crippen LogP contribution is 2.56. The highest BCUT2D eigenvalue weighted by Gasteiger charge is 2.73. The average Bonchev–Trinajstić information content (AvgIpc) is 3.33. The number of rotatable bonds is 9. The minimum absolute atomic E-state index is 0.0454. The van der Waals surface area contributed by atoms with Crippen molar-refractivity contribution >= 4 is 23.5 Å². The molecule has 44 heavy (non-hydrogen) atoms. The maximum atomic E-state index is 14.9. The van der Waals surface area contributed by atoms with Crippen molar-refractivity contribution in [1.82, 2.24) is 4.90 Å². The molecule has 4 rings (SSSR count). The number of carbonyl (C=O) groups is 1. The maximum Gasteiger partial charge on any atom is 0.435 e. The lowest BCUT2D eigenvalue weighted by Gasteiger charge is -2.43. The average molecular weight is 679 g/mol. The highest BCUT2D eigenvalue weighted by molar-refractivity contribution is 7.92. The van der Waals surface area contributed by atoms with Crippen molar-refractivity contribution in [3.63, 3.8) is 0 Å². The number of alkyl halides is 7. The Morgan fingerprint density at radius 2 is 1.66 bits per heavy atom. The van der Waals surface area contributed by atoms with Gasteiger partial charge >= 0.3 is 25.8 Å². The summed E-state index contributed by atoms with van der Waals surface area (Å²) >= 11 is 0. The molecule has 2 aromatic rings. The molecule has 0 saturated carbocycles. The van der Waals surface area contributed by atoms with Crippen molar-refractivity contribution in [2.24, 2.45) is 5.50 Å². The van der Waals surface area contributed by atoms with Crippen LogP contribution in [0, 0.1) is 5.82 Å². The lowest BCUT2D eigenvalue weighted by atomic mass is 9.76. The number of fused-ring (bicyclic) bond motifs is 3. The van der Waals surface area contributed by atoms with Crippen molar-refractivity contribution in [2.45, 2.75) is 66.3 Å². The first-order valence-corrected chi connectivity index (χ1v) is 16.3. The second-order valence-electron chi connectivity index (χ2n) is 10.3. The van der Waals surface area contributed by atoms with Gasteiger partial charge in [-0.1, -0.05) is 18.2 Å². The summed E-state index contributed by atoms with van der Waals surface area (Å²) in [6.07, 6.45) is -14.1. The fourth-order valence-electron chi connectivity index (χ4n) is 5.97. The van der Waals surface area contributed by atoms with Crippen molar-refractivity contribution in [3.8, 4) is 0 Å². The normalized spacial score (nSPS) is 22.3. The van der Waals surface area contributed by atoms with Crippen molar-refractivity contribution in [3.05, 3.63) is 65.0 Å². The molecule has 0 bridgehead atoms. The van der Waals surface area contributed by atoms with E-state index >= 15 is 0 Å². The quantitative estimate of drug-likeness (QED) is 0.201. The van der Waals surface area contributed by atoms with Crippen LogP contribution >= 0.6 is 7.75 Å². The molecule has 1 saturated heterocycles. The van der Waals surface area contributed by atoms with Crippen LogP contribution in [0.1, 0.15) is 42.9 Å². The summed E-state index contributed by atoms with van der Waals surface area (Å²) in [7, 11) is -8.60. The van der Waals surface area contributed by atoms with Crippen LogP contribution in [0.2, 0.25) is 0 Å². The topological polar surface area (TPSA) is 116 Å². The SMILES string of the molecule is CCOP(N)(=O)OCCC(=O)N1CC[C@]2(S(=O)(=O)c3ccc(F)cc3)c3ccc(C(F)(C(F)(F)F)C(F)(F)F)cc3CC[C@H]12. The fourth-order valence-corrected chi connectivity index (χ4v) is 9.12. The lowest BCUT2D eigenvalue weighted by Crippen LogP contribution is -2.53. The summed E-state index contributed by atoms with van der Waals surface area (Å²) in [5.41, 5.74) is -2.61. The summed E-state index contributed by atoms with van der Waals surface area (Å²) in [6, 6.07) is 3.75. The standard InChI is InChI=1S/C26H27F8N2O6PS/c1-2-41-43(35,38)42-14-11-22(37)36-13-12-23(44(39,40)19-7-5-18(27)6-8-19)20-9-4-17(15-16(20)3-10-21(23)36)24(28,25(29,30)31)26(32,33)34/h4-9,15,21H,2-3,10-14H2,1H3,(H2,35,38)/t21-,23-,43?/m0/s1. The molecule has 8 nitrogen and oxygen atoms in total. The minimum atomic E-state index is -6.39. The molecule has 1 fully saturated rings. The number of hydrogen-bond acceptors (Lipinski definition) is 6. The Morgan fingerprint density at radius 1 is 1.05 bits per heavy atom. The number of carbonyl (C=O) groups excluding carboxylic acids is 1. The van der Waals surface area contributed by atoms with Gasteiger partial charge in [-0.25, -0.2) is 27.3 Å². The number of nitrogens with two attached hydrogens (primary N) is 1. The second kappa shape index (κ2) is 11.6. The third-order valence-electron chi connectivity index (χ3n) is 7.89. The van der Waals surface area contributed by atoms with E-state index in [1.807, 2.05) is 0 Å². The number of aryl methyl sites for hydroxylation is 1. The molecule has 1 aliphatic heterocycles. The number of sulfone groups is 1. The predicted molar refractivity (Wildman–Crippen MR) is 139 cm³/mol. The molecule has 3 atom stereocenters. The zero-order chi connectivity index (χ0) is 32.9. The van der Waals surface area contributed by atoms with Crippen LogP contribution in [0.3, 0.4) is 0 Å². The van der Waals surface area contributed by atoms with Crippen LogP contribution in [0.5, 0.6) is 0 Å². The number of halogens is 8. The fraction of sp³-hybridized carbons (Fsp3) is 0.500. The van der Waals surface area contributed by atoms with E-state index in [1.165, 1.54) is 11.8 Å². The molecule has 2 N–H and O–H groups in total. The van der Waals surface area contributed by atoms with Crippen LogP contribution in [-0.4, -0.2) is 57.4 Å². The van der Waals surface area contributed by atoms with Crippen LogP contribution in [-0.2, 0) is 45.1 Å². The molecular formula is C26H27F8N2O6PS. The Morgan fingerprint density at radius 3 is 2.23 bits per heavy atom. The van der Waals surface area contributed by atoms with E-state index in [9.17, 15) is 52.9 Å². The molecule has 1 aliphatic carbocycles. The minimum Gasteiger partial charge on any atom is -0.338 e. The molecule has 0 spiro atoms. The third-order valence-corrected chi connectivity index (χ3v) is 11.6. The Kier molecular flexibility index (Phi) is 9.08. The molecular weight excluding hydrogens is 651 g/mol.